The lowest BCUT2D eigenvalue weighted by atomic mass is 10.1. The van der Waals surface area contributed by atoms with Gasteiger partial charge < -0.3 is 5.73 Å². The number of nitrogen functional groups attached to an aromatic ring is 1. The minimum absolute atomic E-state index is 0.430. The molecule has 1 heterocycles. The average Bonchev–Trinajstić information content (AvgIpc) is 2.72. The van der Waals surface area contributed by atoms with Gasteiger partial charge in [0.15, 0.2) is 5.82 Å². The number of rotatable bonds is 3. The lowest BCUT2D eigenvalue weighted by Crippen LogP contribution is -2.08. The van der Waals surface area contributed by atoms with Crippen molar-refractivity contribution in [2.24, 2.45) is 11.3 Å². The Morgan fingerprint density at radius 1 is 1.42 bits per heavy atom. The van der Waals surface area contributed by atoms with E-state index in [1.807, 2.05) is 29.8 Å². The third-order valence-electron chi connectivity index (χ3n) is 4.13. The molecule has 0 aliphatic heterocycles. The normalized spacial score (nSPS) is 20.5. The molecule has 0 saturated heterocycles. The minimum atomic E-state index is 0.430. The van der Waals surface area contributed by atoms with Crippen molar-refractivity contribution in [1.29, 1.82) is 0 Å². The van der Waals surface area contributed by atoms with Crippen LogP contribution in [-0.2, 0) is 6.54 Å². The molecule has 1 saturated carbocycles. The summed E-state index contributed by atoms with van der Waals surface area (Å²) in [6.07, 6.45) is 1.24. The van der Waals surface area contributed by atoms with E-state index < -0.39 is 0 Å². The highest BCUT2D eigenvalue weighted by atomic mass is 15.5. The summed E-state index contributed by atoms with van der Waals surface area (Å²) in [6.45, 7) is 7.50. The van der Waals surface area contributed by atoms with E-state index in [1.165, 1.54) is 6.42 Å². The van der Waals surface area contributed by atoms with Crippen molar-refractivity contribution in [2.75, 3.05) is 5.73 Å². The number of benzene rings is 1. The van der Waals surface area contributed by atoms with Crippen molar-refractivity contribution >= 4 is 5.69 Å². The van der Waals surface area contributed by atoms with Gasteiger partial charge in [-0.1, -0.05) is 13.8 Å². The van der Waals surface area contributed by atoms with Gasteiger partial charge in [-0.3, -0.25) is 0 Å². The van der Waals surface area contributed by atoms with Crippen molar-refractivity contribution in [3.63, 3.8) is 0 Å². The van der Waals surface area contributed by atoms with Crippen LogP contribution >= 0.6 is 0 Å². The van der Waals surface area contributed by atoms with Crippen molar-refractivity contribution in [2.45, 2.75) is 33.7 Å². The second kappa shape index (κ2) is 4.05. The molecule has 0 radical (unpaired) electrons. The highest BCUT2D eigenvalue weighted by Crippen LogP contribution is 2.52. The number of anilines is 1. The van der Waals surface area contributed by atoms with Crippen LogP contribution in [0.4, 0.5) is 5.69 Å². The van der Waals surface area contributed by atoms with E-state index in [1.54, 1.807) is 0 Å². The molecule has 0 spiro atoms. The molecule has 3 rings (SSSR count). The molecule has 19 heavy (non-hydrogen) atoms. The summed E-state index contributed by atoms with van der Waals surface area (Å²) >= 11 is 0. The highest BCUT2D eigenvalue weighted by Gasteiger charge is 2.46. The van der Waals surface area contributed by atoms with Crippen LogP contribution in [0.2, 0.25) is 0 Å². The summed E-state index contributed by atoms with van der Waals surface area (Å²) in [7, 11) is 0. The first-order chi connectivity index (χ1) is 8.97. The Balaban J connectivity index is 1.91. The Labute approximate surface area is 112 Å². The Bertz CT molecular complexity index is 614. The number of aromatic nitrogens is 4. The van der Waals surface area contributed by atoms with Gasteiger partial charge in [-0.25, -0.2) is 4.68 Å². The van der Waals surface area contributed by atoms with Crippen molar-refractivity contribution in [3.8, 4) is 11.4 Å². The van der Waals surface area contributed by atoms with Crippen LogP contribution in [0, 0.1) is 18.3 Å². The Morgan fingerprint density at radius 2 is 2.16 bits per heavy atom. The van der Waals surface area contributed by atoms with Gasteiger partial charge in [0, 0.05) is 17.8 Å². The monoisotopic (exact) mass is 257 g/mol. The summed E-state index contributed by atoms with van der Waals surface area (Å²) < 4.78 is 1.91. The minimum Gasteiger partial charge on any atom is -0.399 e. The lowest BCUT2D eigenvalue weighted by Gasteiger charge is -2.08. The fraction of sp³-hybridized carbons (Fsp3) is 0.500. The molecule has 1 atom stereocenters. The third kappa shape index (κ3) is 2.20. The number of nitrogens with two attached hydrogens (primary N) is 1. The zero-order chi connectivity index (χ0) is 13.6. The molecule has 2 N–H and O–H groups in total. The van der Waals surface area contributed by atoms with Crippen molar-refractivity contribution < 1.29 is 0 Å². The van der Waals surface area contributed by atoms with Crippen LogP contribution in [0.1, 0.15) is 25.8 Å². The van der Waals surface area contributed by atoms with Gasteiger partial charge in [0.1, 0.15) is 0 Å². The van der Waals surface area contributed by atoms with Crippen molar-refractivity contribution in [3.05, 3.63) is 23.8 Å². The average molecular weight is 257 g/mol. The molecule has 1 fully saturated rings. The van der Waals surface area contributed by atoms with E-state index in [-0.39, 0.29) is 0 Å². The van der Waals surface area contributed by atoms with Gasteiger partial charge in [0.05, 0.1) is 0 Å². The maximum absolute atomic E-state index is 5.79. The topological polar surface area (TPSA) is 69.6 Å². The zero-order valence-corrected chi connectivity index (χ0v) is 11.6. The van der Waals surface area contributed by atoms with Crippen LogP contribution in [0.3, 0.4) is 0 Å². The van der Waals surface area contributed by atoms with Gasteiger partial charge in [-0.15, -0.1) is 5.10 Å². The van der Waals surface area contributed by atoms with Gasteiger partial charge in [0.25, 0.3) is 0 Å². The molecule has 0 amide bonds. The van der Waals surface area contributed by atoms with Gasteiger partial charge in [0.2, 0.25) is 0 Å². The van der Waals surface area contributed by atoms with E-state index in [0.717, 1.165) is 29.2 Å². The standard InChI is InChI=1S/C14H19N5/c1-9-6-11(15)4-5-12(9)13-16-17-18-19(13)8-10-7-14(10,2)3/h4-6,10H,7-8,15H2,1-3H3. The third-order valence-corrected chi connectivity index (χ3v) is 4.13. The van der Waals surface area contributed by atoms with E-state index in [2.05, 4.69) is 29.4 Å². The van der Waals surface area contributed by atoms with Gasteiger partial charge in [-0.2, -0.15) is 0 Å². The Morgan fingerprint density at radius 3 is 2.79 bits per heavy atom. The fourth-order valence-corrected chi connectivity index (χ4v) is 2.55. The molecule has 1 unspecified atom stereocenters. The second-order valence-electron chi connectivity index (χ2n) is 6.15. The van der Waals surface area contributed by atoms with E-state index in [0.29, 0.717) is 11.3 Å². The molecule has 1 aliphatic rings. The highest BCUT2D eigenvalue weighted by molar-refractivity contribution is 5.63. The summed E-state index contributed by atoms with van der Waals surface area (Å²) in [6, 6.07) is 5.84. The summed E-state index contributed by atoms with van der Waals surface area (Å²) in [5, 5.41) is 12.1. The number of nitrogens with zero attached hydrogens (tertiary/aromatic N) is 4. The molecule has 2 aromatic rings. The van der Waals surface area contributed by atoms with E-state index >= 15 is 0 Å². The zero-order valence-electron chi connectivity index (χ0n) is 11.6. The molecular formula is C14H19N5. The smallest absolute Gasteiger partial charge is 0.182 e. The molecule has 0 bridgehead atoms. The molecule has 5 nitrogen and oxygen atoms in total. The molecule has 1 aliphatic carbocycles. The first-order valence-electron chi connectivity index (χ1n) is 6.60. The molecule has 100 valence electrons. The van der Waals surface area contributed by atoms with Crippen LogP contribution in [0.5, 0.6) is 0 Å². The quantitative estimate of drug-likeness (QED) is 0.856. The predicted octanol–water partition coefficient (Wildman–Crippen LogP) is 2.28. The maximum atomic E-state index is 5.79. The fourth-order valence-electron chi connectivity index (χ4n) is 2.55. The number of aryl methyl sites for hydroxylation is 1. The van der Waals surface area contributed by atoms with E-state index in [4.69, 9.17) is 5.73 Å². The van der Waals surface area contributed by atoms with Crippen LogP contribution in [0.25, 0.3) is 11.4 Å². The maximum Gasteiger partial charge on any atom is 0.182 e. The molecular weight excluding hydrogens is 238 g/mol. The summed E-state index contributed by atoms with van der Waals surface area (Å²) in [5.41, 5.74) is 9.14. The summed E-state index contributed by atoms with van der Waals surface area (Å²) in [5.74, 6) is 1.50. The number of hydrogen-bond donors (Lipinski definition) is 1. The largest absolute Gasteiger partial charge is 0.399 e. The molecule has 1 aromatic carbocycles. The Hall–Kier alpha value is -1.91. The van der Waals surface area contributed by atoms with E-state index in [9.17, 15) is 0 Å². The molecule has 1 aromatic heterocycles. The Kier molecular flexibility index (Phi) is 2.59. The van der Waals surface area contributed by atoms with Crippen molar-refractivity contribution in [1.82, 2.24) is 20.2 Å². The molecule has 5 heteroatoms. The van der Waals surface area contributed by atoms with Crippen LogP contribution in [0.15, 0.2) is 18.2 Å². The predicted molar refractivity (Wildman–Crippen MR) is 74.3 cm³/mol. The van der Waals surface area contributed by atoms with Gasteiger partial charge in [-0.05, 0) is 58.9 Å². The number of hydrogen-bond acceptors (Lipinski definition) is 4. The number of tetrazole rings is 1. The van der Waals surface area contributed by atoms with Crippen LogP contribution in [-0.4, -0.2) is 20.2 Å². The first kappa shape index (κ1) is 12.1. The second-order valence-corrected chi connectivity index (χ2v) is 6.15. The first-order valence-corrected chi connectivity index (χ1v) is 6.60. The lowest BCUT2D eigenvalue weighted by molar-refractivity contribution is 0.467. The van der Waals surface area contributed by atoms with Crippen LogP contribution < -0.4 is 5.73 Å². The summed E-state index contributed by atoms with van der Waals surface area (Å²) in [4.78, 5) is 0. The SMILES string of the molecule is Cc1cc(N)ccc1-c1nnnn1CC1CC1(C)C. The van der Waals surface area contributed by atoms with Gasteiger partial charge >= 0.3 is 0 Å².